The van der Waals surface area contributed by atoms with Crippen LogP contribution in [-0.2, 0) is 91.2 Å². The van der Waals surface area contributed by atoms with Crippen molar-refractivity contribution in [2.75, 3.05) is 103 Å². The van der Waals surface area contributed by atoms with Crippen LogP contribution in [0.5, 0.6) is 0 Å². The Bertz CT molecular complexity index is 2770. The number of para-hydroxylation sites is 1. The van der Waals surface area contributed by atoms with Crippen molar-refractivity contribution in [3.8, 4) is 0 Å². The van der Waals surface area contributed by atoms with Crippen molar-refractivity contribution in [1.82, 2.24) is 35.4 Å². The Morgan fingerprint density at radius 2 is 1.22 bits per heavy atom. The zero-order valence-electron chi connectivity index (χ0n) is 46.3. The molecule has 0 spiro atoms. The lowest BCUT2D eigenvalue weighted by Gasteiger charge is -2.22. The first-order chi connectivity index (χ1) is 38.8. The van der Waals surface area contributed by atoms with E-state index in [1.54, 1.807) is 32.0 Å². The second-order valence-electron chi connectivity index (χ2n) is 19.0. The van der Waals surface area contributed by atoms with Gasteiger partial charge in [-0.15, -0.1) is 0 Å². The molecule has 2 aromatic heterocycles. The third kappa shape index (κ3) is 22.2. The number of aromatic nitrogens is 3. The third-order valence-corrected chi connectivity index (χ3v) is 11.7. The molecule has 3 heterocycles. The summed E-state index contributed by atoms with van der Waals surface area (Å²) in [5.41, 5.74) is 6.75. The van der Waals surface area contributed by atoms with E-state index in [0.29, 0.717) is 87.4 Å². The smallest absolute Gasteiger partial charge is 0.413 e. The SMILES string of the molecule is CCOCc1nc2c(NC(=O)OCc3ccc(NC(=O)[C@H](CC(N)=O)NC(=O)[C@H](C)NC(=O)[C@H](C)NC(=O)CCOCCOCCOCCOCCOCCOCCN4C(=O)C=CC4=O)cc3)nc3ccccc3c2n1CC(C)(C)O. The topological polar surface area (TPSA) is 351 Å². The van der Waals surface area contributed by atoms with E-state index in [0.717, 1.165) is 10.3 Å². The molecular weight excluding hydrogens is 1060 g/mol. The Hall–Kier alpha value is -7.50. The average Bonchev–Trinajstić information content (AvgIpc) is 3.94. The number of aliphatic hydroxyl groups is 1. The van der Waals surface area contributed by atoms with Crippen molar-refractivity contribution in [2.24, 2.45) is 5.73 Å². The fourth-order valence-corrected chi connectivity index (χ4v) is 7.69. The number of amides is 8. The second-order valence-corrected chi connectivity index (χ2v) is 19.0. The van der Waals surface area contributed by atoms with Gasteiger partial charge in [-0.1, -0.05) is 30.3 Å². The van der Waals surface area contributed by atoms with Crippen LogP contribution in [0.15, 0.2) is 60.7 Å². The first kappa shape index (κ1) is 64.3. The first-order valence-corrected chi connectivity index (χ1v) is 26.4. The van der Waals surface area contributed by atoms with Gasteiger partial charge in [-0.05, 0) is 58.4 Å². The minimum Gasteiger partial charge on any atom is -0.444 e. The van der Waals surface area contributed by atoms with Gasteiger partial charge >= 0.3 is 6.09 Å². The van der Waals surface area contributed by atoms with Gasteiger partial charge in [0.1, 0.15) is 42.7 Å². The van der Waals surface area contributed by atoms with Gasteiger partial charge in [0.25, 0.3) is 11.8 Å². The molecule has 81 heavy (non-hydrogen) atoms. The Kier molecular flexibility index (Phi) is 26.4. The largest absolute Gasteiger partial charge is 0.444 e. The monoisotopic (exact) mass is 1130 g/mol. The molecular formula is C54H74N10O17. The highest BCUT2D eigenvalue weighted by Crippen LogP contribution is 2.32. The van der Waals surface area contributed by atoms with Crippen LogP contribution in [0.1, 0.15) is 58.8 Å². The molecule has 27 heteroatoms. The number of rotatable bonds is 38. The average molecular weight is 1140 g/mol. The normalized spacial score (nSPS) is 13.5. The minimum absolute atomic E-state index is 0.0540. The van der Waals surface area contributed by atoms with E-state index < -0.39 is 65.8 Å². The molecule has 0 fully saturated rings. The van der Waals surface area contributed by atoms with Crippen LogP contribution in [0.2, 0.25) is 0 Å². The zero-order chi connectivity index (χ0) is 58.7. The molecule has 4 aromatic rings. The quantitative estimate of drug-likeness (QED) is 0.0246. The number of benzene rings is 2. The number of nitrogens with zero attached hydrogens (tertiary/aromatic N) is 4. The fraction of sp³-hybridized carbons (Fsp3) is 0.519. The number of carbonyl (C=O) groups is 8. The molecule has 8 N–H and O–H groups in total. The maximum absolute atomic E-state index is 13.3. The molecule has 3 atom stereocenters. The number of hydrogen-bond acceptors (Lipinski definition) is 19. The van der Waals surface area contributed by atoms with Crippen LogP contribution in [0.25, 0.3) is 21.9 Å². The second kappa shape index (κ2) is 33.3. The van der Waals surface area contributed by atoms with Crippen LogP contribution in [0, 0.1) is 0 Å². The van der Waals surface area contributed by atoms with Gasteiger partial charge in [0.05, 0.1) is 115 Å². The summed E-state index contributed by atoms with van der Waals surface area (Å²) in [7, 11) is 0. The number of ether oxygens (including phenoxy) is 8. The van der Waals surface area contributed by atoms with Crippen LogP contribution in [0.3, 0.4) is 0 Å². The van der Waals surface area contributed by atoms with Gasteiger partial charge < -0.3 is 74.6 Å². The predicted molar refractivity (Wildman–Crippen MR) is 292 cm³/mol. The molecule has 0 saturated heterocycles. The van der Waals surface area contributed by atoms with E-state index >= 15 is 0 Å². The van der Waals surface area contributed by atoms with E-state index in [9.17, 15) is 43.5 Å². The van der Waals surface area contributed by atoms with Crippen LogP contribution in [0.4, 0.5) is 16.3 Å². The number of nitrogens with two attached hydrogens (primary N) is 1. The number of hydrogen-bond donors (Lipinski definition) is 7. The lowest BCUT2D eigenvalue weighted by Crippen LogP contribution is -2.55. The van der Waals surface area contributed by atoms with E-state index in [1.165, 1.54) is 38.1 Å². The van der Waals surface area contributed by atoms with Crippen LogP contribution >= 0.6 is 0 Å². The number of pyridine rings is 1. The number of carbonyl (C=O) groups excluding carboxylic acids is 8. The van der Waals surface area contributed by atoms with Crippen molar-refractivity contribution in [1.29, 1.82) is 0 Å². The fourth-order valence-electron chi connectivity index (χ4n) is 7.69. The van der Waals surface area contributed by atoms with Gasteiger partial charge in [0, 0.05) is 36.3 Å². The highest BCUT2D eigenvalue weighted by atomic mass is 16.6. The summed E-state index contributed by atoms with van der Waals surface area (Å²) < 4.78 is 45.6. The number of anilines is 2. The molecule has 442 valence electrons. The molecule has 27 nitrogen and oxygen atoms in total. The van der Waals surface area contributed by atoms with Crippen molar-refractivity contribution < 1.29 is 81.4 Å². The summed E-state index contributed by atoms with van der Waals surface area (Å²) in [6.45, 7) is 12.4. The highest BCUT2D eigenvalue weighted by Gasteiger charge is 2.29. The standard InChI is InChI=1S/C54H74N10O17/c1-6-74-33-43-61-47-48(64(43)34-54(4,5)73)39-9-7-8-10-40(39)59-49(47)62-53(72)81-32-37-11-13-38(14-12-37)58-52(71)41(31-42(55)65)60-51(70)36(3)57-50(69)35(2)56-44(66)17-19-75-21-23-77-25-27-79-29-30-80-28-26-78-24-22-76-20-18-63-45(67)15-16-46(63)68/h7-16,35-36,41,73H,6,17-34H2,1-5H3,(H2,55,65)(H,56,66)(H,57,69)(H,58,71)(H,60,70)(H,59,62,72)/t35-,36-,41-/m0/s1. The molecule has 8 amide bonds. The molecule has 0 bridgehead atoms. The van der Waals surface area contributed by atoms with Gasteiger partial charge in [0.2, 0.25) is 29.5 Å². The first-order valence-electron chi connectivity index (χ1n) is 26.4. The van der Waals surface area contributed by atoms with Crippen molar-refractivity contribution in [2.45, 2.75) is 90.9 Å². The van der Waals surface area contributed by atoms with Gasteiger partial charge in [-0.2, -0.15) is 0 Å². The highest BCUT2D eigenvalue weighted by molar-refractivity contribution is 6.13. The number of primary amides is 1. The van der Waals surface area contributed by atoms with E-state index in [-0.39, 0.29) is 82.5 Å². The number of nitrogens with one attached hydrogen (secondary N) is 5. The van der Waals surface area contributed by atoms with Gasteiger partial charge in [-0.3, -0.25) is 43.8 Å². The Labute approximate surface area is 468 Å². The maximum Gasteiger partial charge on any atom is 0.413 e. The molecule has 1 aliphatic heterocycles. The molecule has 0 saturated carbocycles. The summed E-state index contributed by atoms with van der Waals surface area (Å²) in [6.07, 6.45) is 1.02. The Morgan fingerprint density at radius 3 is 1.80 bits per heavy atom. The molecule has 5 rings (SSSR count). The van der Waals surface area contributed by atoms with Crippen molar-refractivity contribution in [3.63, 3.8) is 0 Å². The molecule has 1 aliphatic rings. The molecule has 2 aromatic carbocycles. The van der Waals surface area contributed by atoms with E-state index in [1.807, 2.05) is 29.7 Å². The third-order valence-electron chi connectivity index (χ3n) is 11.7. The summed E-state index contributed by atoms with van der Waals surface area (Å²) in [4.78, 5) is 110. The van der Waals surface area contributed by atoms with E-state index in [2.05, 4.69) is 31.6 Å². The number of imide groups is 1. The minimum atomic E-state index is -1.42. The van der Waals surface area contributed by atoms with E-state index in [4.69, 9.17) is 48.6 Å². The summed E-state index contributed by atoms with van der Waals surface area (Å²) in [5.74, 6) is -3.63. The van der Waals surface area contributed by atoms with Crippen molar-refractivity contribution in [3.05, 3.63) is 72.1 Å². The Balaban J connectivity index is 0.929. The lowest BCUT2D eigenvalue weighted by molar-refractivity contribution is -0.138. The number of imidazole rings is 1. The Morgan fingerprint density at radius 1 is 0.667 bits per heavy atom. The number of fused-ring (bicyclic) bond motifs is 3. The predicted octanol–water partition coefficient (Wildman–Crippen LogP) is 1.36. The van der Waals surface area contributed by atoms with Crippen LogP contribution in [-0.4, -0.2) is 188 Å². The van der Waals surface area contributed by atoms with Gasteiger partial charge in [-0.25, -0.2) is 14.8 Å². The summed E-state index contributed by atoms with van der Waals surface area (Å²) >= 11 is 0. The van der Waals surface area contributed by atoms with Crippen LogP contribution < -0.4 is 32.3 Å². The van der Waals surface area contributed by atoms with Gasteiger partial charge in [0.15, 0.2) is 5.82 Å². The molecule has 0 aliphatic carbocycles. The molecule has 0 unspecified atom stereocenters. The molecule has 0 radical (unpaired) electrons. The summed E-state index contributed by atoms with van der Waals surface area (Å²) in [5, 5.41) is 24.3. The van der Waals surface area contributed by atoms with Crippen molar-refractivity contribution >= 4 is 80.9 Å². The summed E-state index contributed by atoms with van der Waals surface area (Å²) in [6, 6.07) is 9.93. The lowest BCUT2D eigenvalue weighted by atomic mass is 10.1. The zero-order valence-corrected chi connectivity index (χ0v) is 46.3. The maximum atomic E-state index is 13.3.